The summed E-state index contributed by atoms with van der Waals surface area (Å²) >= 11 is 6.38. The topological polar surface area (TPSA) is 81.8 Å². The lowest BCUT2D eigenvalue weighted by Crippen LogP contribution is -2.22. The molecule has 0 saturated heterocycles. The maximum Gasteiger partial charge on any atom is 0.312 e. The zero-order valence-corrected chi connectivity index (χ0v) is 12.8. The molecule has 0 spiro atoms. The third kappa shape index (κ3) is 2.99. The van der Waals surface area contributed by atoms with Gasteiger partial charge in [0.2, 0.25) is 0 Å². The summed E-state index contributed by atoms with van der Waals surface area (Å²) in [7, 11) is 2.94. The molecule has 0 aliphatic carbocycles. The number of benzene rings is 1. The molecular formula is C14H20ClNO4. The zero-order chi connectivity index (χ0) is 15.4. The molecule has 0 fully saturated rings. The molecule has 0 saturated carbocycles. The van der Waals surface area contributed by atoms with Gasteiger partial charge in [0.25, 0.3) is 0 Å². The molecule has 1 atom stereocenters. The van der Waals surface area contributed by atoms with Crippen molar-refractivity contribution in [2.45, 2.75) is 25.7 Å². The van der Waals surface area contributed by atoms with Gasteiger partial charge in [-0.3, -0.25) is 4.79 Å². The molecule has 3 N–H and O–H groups in total. The number of nitrogens with two attached hydrogens (primary N) is 1. The standard InChI is InChI=1S/C14H20ClNO4/c1-7(2)8-5-10(19-3)13(20-4)11(12(8)15)9(6-16)14(17)18/h5,7,9H,6,16H2,1-4H3,(H,17,18). The number of hydrogen-bond donors (Lipinski definition) is 2. The van der Waals surface area contributed by atoms with E-state index in [0.29, 0.717) is 22.1 Å². The number of carboxylic acids is 1. The van der Waals surface area contributed by atoms with Gasteiger partial charge in [0.15, 0.2) is 11.5 Å². The van der Waals surface area contributed by atoms with Crippen LogP contribution >= 0.6 is 11.6 Å². The van der Waals surface area contributed by atoms with E-state index in [9.17, 15) is 9.90 Å². The van der Waals surface area contributed by atoms with Crippen molar-refractivity contribution in [3.05, 3.63) is 22.2 Å². The molecule has 0 bridgehead atoms. The summed E-state index contributed by atoms with van der Waals surface area (Å²) < 4.78 is 10.6. The summed E-state index contributed by atoms with van der Waals surface area (Å²) in [6.07, 6.45) is 0. The first-order valence-electron chi connectivity index (χ1n) is 6.26. The van der Waals surface area contributed by atoms with E-state index in [-0.39, 0.29) is 12.5 Å². The number of carboxylic acid groups (broad SMARTS) is 1. The highest BCUT2D eigenvalue weighted by Crippen LogP contribution is 2.44. The highest BCUT2D eigenvalue weighted by atomic mass is 35.5. The Morgan fingerprint density at radius 2 is 2.00 bits per heavy atom. The molecule has 0 amide bonds. The highest BCUT2D eigenvalue weighted by molar-refractivity contribution is 6.32. The Kier molecular flexibility index (Phi) is 5.65. The van der Waals surface area contributed by atoms with E-state index in [4.69, 9.17) is 26.8 Å². The molecule has 112 valence electrons. The minimum absolute atomic E-state index is 0.0733. The molecule has 6 heteroatoms. The van der Waals surface area contributed by atoms with Crippen molar-refractivity contribution in [3.63, 3.8) is 0 Å². The van der Waals surface area contributed by atoms with Gasteiger partial charge in [-0.25, -0.2) is 0 Å². The van der Waals surface area contributed by atoms with Gasteiger partial charge in [0, 0.05) is 12.1 Å². The molecule has 1 unspecified atom stereocenters. The SMILES string of the molecule is COc1cc(C(C)C)c(Cl)c(C(CN)C(=O)O)c1OC. The number of methoxy groups -OCH3 is 2. The summed E-state index contributed by atoms with van der Waals surface area (Å²) in [5, 5.41) is 9.70. The second-order valence-electron chi connectivity index (χ2n) is 4.71. The van der Waals surface area contributed by atoms with Crippen LogP contribution in [0.25, 0.3) is 0 Å². The van der Waals surface area contributed by atoms with E-state index in [1.165, 1.54) is 14.2 Å². The van der Waals surface area contributed by atoms with Gasteiger partial charge < -0.3 is 20.3 Å². The first kappa shape index (κ1) is 16.6. The number of carbonyl (C=O) groups is 1. The quantitative estimate of drug-likeness (QED) is 0.844. The van der Waals surface area contributed by atoms with Crippen LogP contribution in [0.2, 0.25) is 5.02 Å². The first-order chi connectivity index (χ1) is 9.38. The molecular weight excluding hydrogens is 282 g/mol. The second-order valence-corrected chi connectivity index (χ2v) is 5.09. The summed E-state index contributed by atoms with van der Waals surface area (Å²) in [6.45, 7) is 3.86. The van der Waals surface area contributed by atoms with Crippen LogP contribution in [0.3, 0.4) is 0 Å². The van der Waals surface area contributed by atoms with Crippen molar-refractivity contribution in [1.29, 1.82) is 0 Å². The van der Waals surface area contributed by atoms with E-state index in [0.717, 1.165) is 5.56 Å². The van der Waals surface area contributed by atoms with Gasteiger partial charge in [0.1, 0.15) is 0 Å². The molecule has 20 heavy (non-hydrogen) atoms. The molecule has 0 aliphatic rings. The fraction of sp³-hybridized carbons (Fsp3) is 0.500. The Morgan fingerprint density at radius 3 is 2.35 bits per heavy atom. The Hall–Kier alpha value is -1.46. The molecule has 1 aromatic carbocycles. The van der Waals surface area contributed by atoms with Crippen LogP contribution < -0.4 is 15.2 Å². The third-order valence-electron chi connectivity index (χ3n) is 3.17. The smallest absolute Gasteiger partial charge is 0.312 e. The largest absolute Gasteiger partial charge is 0.493 e. The average Bonchev–Trinajstić information content (AvgIpc) is 2.40. The molecule has 5 nitrogen and oxygen atoms in total. The van der Waals surface area contributed by atoms with Crippen LogP contribution in [0.4, 0.5) is 0 Å². The molecule has 0 aromatic heterocycles. The Balaban J connectivity index is 3.68. The fourth-order valence-corrected chi connectivity index (χ4v) is 2.58. The van der Waals surface area contributed by atoms with Crippen molar-refractivity contribution in [1.82, 2.24) is 0 Å². The van der Waals surface area contributed by atoms with Crippen LogP contribution in [0.15, 0.2) is 6.07 Å². The van der Waals surface area contributed by atoms with E-state index < -0.39 is 11.9 Å². The third-order valence-corrected chi connectivity index (χ3v) is 3.60. The van der Waals surface area contributed by atoms with Crippen LogP contribution in [0.5, 0.6) is 11.5 Å². The van der Waals surface area contributed by atoms with Gasteiger partial charge in [-0.2, -0.15) is 0 Å². The maximum atomic E-state index is 11.4. The molecule has 0 radical (unpaired) electrons. The van der Waals surface area contributed by atoms with Crippen molar-refractivity contribution >= 4 is 17.6 Å². The first-order valence-corrected chi connectivity index (χ1v) is 6.63. The predicted molar refractivity (Wildman–Crippen MR) is 78.1 cm³/mol. The molecule has 0 aliphatic heterocycles. The minimum Gasteiger partial charge on any atom is -0.493 e. The van der Waals surface area contributed by atoms with Crippen molar-refractivity contribution < 1.29 is 19.4 Å². The Bertz CT molecular complexity index is 502. The van der Waals surface area contributed by atoms with E-state index in [2.05, 4.69) is 0 Å². The molecule has 0 heterocycles. The summed E-state index contributed by atoms with van der Waals surface area (Å²) in [5.41, 5.74) is 6.75. The number of halogens is 1. The molecule has 1 aromatic rings. The van der Waals surface area contributed by atoms with E-state index >= 15 is 0 Å². The lowest BCUT2D eigenvalue weighted by molar-refractivity contribution is -0.138. The average molecular weight is 302 g/mol. The normalized spacial score (nSPS) is 12.3. The van der Waals surface area contributed by atoms with Gasteiger partial charge in [-0.1, -0.05) is 25.4 Å². The number of ether oxygens (including phenoxy) is 2. The van der Waals surface area contributed by atoms with Gasteiger partial charge >= 0.3 is 5.97 Å². The van der Waals surface area contributed by atoms with Crippen LogP contribution in [-0.2, 0) is 4.79 Å². The highest BCUT2D eigenvalue weighted by Gasteiger charge is 2.29. The second kappa shape index (κ2) is 6.81. The van der Waals surface area contributed by atoms with Crippen molar-refractivity contribution in [2.75, 3.05) is 20.8 Å². The van der Waals surface area contributed by atoms with Crippen LogP contribution in [0, 0.1) is 0 Å². The lowest BCUT2D eigenvalue weighted by Gasteiger charge is -2.22. The Morgan fingerprint density at radius 1 is 1.40 bits per heavy atom. The van der Waals surface area contributed by atoms with Gasteiger partial charge in [-0.15, -0.1) is 0 Å². The number of hydrogen-bond acceptors (Lipinski definition) is 4. The van der Waals surface area contributed by atoms with Gasteiger partial charge in [-0.05, 0) is 17.5 Å². The number of rotatable bonds is 6. The summed E-state index contributed by atoms with van der Waals surface area (Å²) in [6, 6.07) is 1.77. The summed E-state index contributed by atoms with van der Waals surface area (Å²) in [5.74, 6) is -1.09. The maximum absolute atomic E-state index is 11.4. The van der Waals surface area contributed by atoms with E-state index in [1.807, 2.05) is 13.8 Å². The van der Waals surface area contributed by atoms with Gasteiger partial charge in [0.05, 0.1) is 25.2 Å². The minimum atomic E-state index is -1.05. The zero-order valence-electron chi connectivity index (χ0n) is 12.1. The monoisotopic (exact) mass is 301 g/mol. The van der Waals surface area contributed by atoms with Crippen molar-refractivity contribution in [2.24, 2.45) is 5.73 Å². The van der Waals surface area contributed by atoms with E-state index in [1.54, 1.807) is 6.07 Å². The lowest BCUT2D eigenvalue weighted by atomic mass is 9.92. The van der Waals surface area contributed by atoms with Crippen molar-refractivity contribution in [3.8, 4) is 11.5 Å². The molecule has 1 rings (SSSR count). The Labute approximate surface area is 123 Å². The summed E-state index contributed by atoms with van der Waals surface area (Å²) in [4.78, 5) is 11.4. The van der Waals surface area contributed by atoms with Crippen LogP contribution in [0.1, 0.15) is 36.8 Å². The number of aliphatic carboxylic acids is 1. The predicted octanol–water partition coefficient (Wildman–Crippen LogP) is 2.61. The fourth-order valence-electron chi connectivity index (χ4n) is 2.09. The van der Waals surface area contributed by atoms with Crippen LogP contribution in [-0.4, -0.2) is 31.8 Å².